The van der Waals surface area contributed by atoms with Crippen LogP contribution in [-0.2, 0) is 7.05 Å². The first-order valence-electron chi connectivity index (χ1n) is 8.05. The van der Waals surface area contributed by atoms with Crippen molar-refractivity contribution in [3.63, 3.8) is 0 Å². The van der Waals surface area contributed by atoms with Gasteiger partial charge < -0.3 is 15.0 Å². The summed E-state index contributed by atoms with van der Waals surface area (Å²) in [5, 5.41) is 14.4. The first kappa shape index (κ1) is 14.5. The molecule has 3 aromatic rings. The van der Waals surface area contributed by atoms with Crippen molar-refractivity contribution in [1.82, 2.24) is 25.3 Å². The van der Waals surface area contributed by atoms with Crippen molar-refractivity contribution in [2.75, 3.05) is 24.6 Å². The Hall–Kier alpha value is -2.81. The van der Waals surface area contributed by atoms with Gasteiger partial charge in [0.2, 0.25) is 0 Å². The van der Waals surface area contributed by atoms with Crippen LogP contribution in [0, 0.1) is 0 Å². The molecule has 8 nitrogen and oxygen atoms in total. The van der Waals surface area contributed by atoms with E-state index in [1.807, 2.05) is 25.5 Å². The molecule has 0 fully saturated rings. The largest absolute Gasteiger partial charge is 0.488 e. The number of nitrogens with zero attached hydrogens (tertiary/aromatic N) is 4. The van der Waals surface area contributed by atoms with Gasteiger partial charge in [-0.3, -0.25) is 14.6 Å². The fraction of sp³-hybridized carbons (Fsp3) is 0.312. The number of thiophene rings is 1. The van der Waals surface area contributed by atoms with Crippen LogP contribution in [0.2, 0.25) is 0 Å². The van der Waals surface area contributed by atoms with Crippen LogP contribution in [-0.4, -0.2) is 45.6 Å². The highest BCUT2D eigenvalue weighted by molar-refractivity contribution is 7.18. The summed E-state index contributed by atoms with van der Waals surface area (Å²) in [4.78, 5) is 16.7. The average molecular weight is 356 g/mol. The Kier molecular flexibility index (Phi) is 3.11. The summed E-state index contributed by atoms with van der Waals surface area (Å²) in [6, 6.07) is 1.81. The number of H-pyrrole nitrogens is 1. The van der Waals surface area contributed by atoms with Crippen LogP contribution in [0.4, 0.5) is 5.69 Å². The van der Waals surface area contributed by atoms with Crippen molar-refractivity contribution < 1.29 is 9.53 Å². The van der Waals surface area contributed by atoms with Gasteiger partial charge in [-0.2, -0.15) is 10.2 Å². The molecule has 0 saturated heterocycles. The van der Waals surface area contributed by atoms with Gasteiger partial charge >= 0.3 is 0 Å². The van der Waals surface area contributed by atoms with E-state index in [9.17, 15) is 4.79 Å². The van der Waals surface area contributed by atoms with Gasteiger partial charge in [-0.05, 0) is 6.07 Å². The van der Waals surface area contributed by atoms with Gasteiger partial charge in [0.15, 0.2) is 5.75 Å². The lowest BCUT2D eigenvalue weighted by atomic mass is 10.2. The number of carbonyl (C=O) groups excluding carboxylic acids is 1. The van der Waals surface area contributed by atoms with Crippen molar-refractivity contribution in [2.45, 2.75) is 6.04 Å². The maximum absolute atomic E-state index is 12.9. The Balaban J connectivity index is 1.60. The summed E-state index contributed by atoms with van der Waals surface area (Å²) in [5.74, 6) is 0.698. The zero-order valence-corrected chi connectivity index (χ0v) is 14.3. The number of hydrogen-bond donors (Lipinski definition) is 2. The van der Waals surface area contributed by atoms with Crippen molar-refractivity contribution in [2.24, 2.45) is 7.05 Å². The molecule has 0 radical (unpaired) electrons. The molecule has 2 aliphatic heterocycles. The molecule has 2 N–H and O–H groups in total. The normalized spacial score (nSPS) is 19.2. The maximum atomic E-state index is 12.9. The van der Waals surface area contributed by atoms with E-state index >= 15 is 0 Å². The summed E-state index contributed by atoms with van der Waals surface area (Å²) in [6.45, 7) is 2.02. The molecule has 0 aromatic carbocycles. The fourth-order valence-corrected chi connectivity index (χ4v) is 4.53. The summed E-state index contributed by atoms with van der Waals surface area (Å²) in [7, 11) is 1.88. The molecule has 1 unspecified atom stereocenters. The lowest BCUT2D eigenvalue weighted by Gasteiger charge is -2.30. The molecule has 0 bridgehead atoms. The summed E-state index contributed by atoms with van der Waals surface area (Å²) < 4.78 is 7.70. The van der Waals surface area contributed by atoms with Gasteiger partial charge in [-0.1, -0.05) is 0 Å². The number of anilines is 1. The second-order valence-electron chi connectivity index (χ2n) is 6.16. The Morgan fingerprint density at radius 1 is 1.40 bits per heavy atom. The van der Waals surface area contributed by atoms with Crippen LogP contribution in [0.5, 0.6) is 5.75 Å². The molecule has 0 spiro atoms. The molecule has 1 atom stereocenters. The van der Waals surface area contributed by atoms with Gasteiger partial charge in [0.25, 0.3) is 5.91 Å². The van der Waals surface area contributed by atoms with E-state index in [1.165, 1.54) is 11.3 Å². The molecular weight excluding hydrogens is 340 g/mol. The molecule has 5 rings (SSSR count). The van der Waals surface area contributed by atoms with E-state index < -0.39 is 0 Å². The second-order valence-corrected chi connectivity index (χ2v) is 7.18. The van der Waals surface area contributed by atoms with E-state index in [4.69, 9.17) is 4.74 Å². The predicted octanol–water partition coefficient (Wildman–Crippen LogP) is 1.56. The van der Waals surface area contributed by atoms with Crippen molar-refractivity contribution in [3.8, 4) is 16.2 Å². The van der Waals surface area contributed by atoms with E-state index in [0.29, 0.717) is 18.0 Å². The van der Waals surface area contributed by atoms with Crippen molar-refractivity contribution >= 4 is 22.9 Å². The molecule has 9 heteroatoms. The second kappa shape index (κ2) is 5.35. The molecule has 25 heavy (non-hydrogen) atoms. The number of ether oxygens (including phenoxy) is 1. The van der Waals surface area contributed by atoms with Crippen LogP contribution >= 0.6 is 11.3 Å². The Labute approximate surface area is 147 Å². The molecule has 128 valence electrons. The predicted molar refractivity (Wildman–Crippen MR) is 93.0 cm³/mol. The third-order valence-electron chi connectivity index (χ3n) is 4.53. The number of aromatic nitrogens is 4. The number of rotatable bonds is 2. The Morgan fingerprint density at radius 3 is 3.08 bits per heavy atom. The minimum atomic E-state index is -0.142. The lowest BCUT2D eigenvalue weighted by molar-refractivity contribution is 0.0945. The summed E-state index contributed by atoms with van der Waals surface area (Å²) >= 11 is 1.45. The monoisotopic (exact) mass is 356 g/mol. The minimum Gasteiger partial charge on any atom is -0.488 e. The van der Waals surface area contributed by atoms with Crippen LogP contribution in [0.1, 0.15) is 21.4 Å². The zero-order chi connectivity index (χ0) is 17.0. The summed E-state index contributed by atoms with van der Waals surface area (Å²) in [5.41, 5.74) is 2.70. The number of hydrogen-bond acceptors (Lipinski definition) is 6. The Bertz CT molecular complexity index is 944. The van der Waals surface area contributed by atoms with Crippen LogP contribution in [0.15, 0.2) is 24.7 Å². The highest BCUT2D eigenvalue weighted by Gasteiger charge is 2.37. The van der Waals surface area contributed by atoms with Gasteiger partial charge in [-0.25, -0.2) is 0 Å². The smallest absolute Gasteiger partial charge is 0.264 e. The molecule has 5 heterocycles. The Morgan fingerprint density at radius 2 is 2.32 bits per heavy atom. The first-order chi connectivity index (χ1) is 12.2. The quantitative estimate of drug-likeness (QED) is 0.727. The van der Waals surface area contributed by atoms with E-state index in [2.05, 4.69) is 25.5 Å². The first-order valence-corrected chi connectivity index (χ1v) is 8.86. The van der Waals surface area contributed by atoms with Crippen LogP contribution < -0.4 is 15.0 Å². The highest BCUT2D eigenvalue weighted by atomic mass is 32.1. The number of aromatic amines is 1. The molecule has 2 aliphatic rings. The van der Waals surface area contributed by atoms with Crippen molar-refractivity contribution in [3.05, 3.63) is 35.2 Å². The molecule has 3 aromatic heterocycles. The molecule has 0 saturated carbocycles. The number of carbonyl (C=O) groups is 1. The van der Waals surface area contributed by atoms with Gasteiger partial charge in [0.1, 0.15) is 17.2 Å². The number of amides is 1. The van der Waals surface area contributed by atoms with Gasteiger partial charge in [-0.15, -0.1) is 11.3 Å². The number of nitrogens with one attached hydrogen (secondary N) is 2. The van der Waals surface area contributed by atoms with Crippen LogP contribution in [0.3, 0.4) is 0 Å². The third-order valence-corrected chi connectivity index (χ3v) is 5.74. The van der Waals surface area contributed by atoms with Crippen molar-refractivity contribution in [1.29, 1.82) is 0 Å². The number of aryl methyl sites for hydroxylation is 1. The molecule has 1 amide bonds. The lowest BCUT2D eigenvalue weighted by Crippen LogP contribution is -2.38. The van der Waals surface area contributed by atoms with Gasteiger partial charge in [0, 0.05) is 31.5 Å². The highest BCUT2D eigenvalue weighted by Crippen LogP contribution is 2.50. The minimum absolute atomic E-state index is 0.0837. The maximum Gasteiger partial charge on any atom is 0.264 e. The van der Waals surface area contributed by atoms with Gasteiger partial charge in [0.05, 0.1) is 29.4 Å². The van der Waals surface area contributed by atoms with E-state index in [0.717, 1.165) is 34.1 Å². The molecular formula is C16H16N6O2S. The summed E-state index contributed by atoms with van der Waals surface area (Å²) in [6.07, 6.45) is 5.46. The zero-order valence-electron chi connectivity index (χ0n) is 13.5. The third kappa shape index (κ3) is 2.23. The van der Waals surface area contributed by atoms with Crippen LogP contribution in [0.25, 0.3) is 10.4 Å². The van der Waals surface area contributed by atoms with E-state index in [-0.39, 0.29) is 11.9 Å². The average Bonchev–Trinajstić information content (AvgIpc) is 3.31. The van der Waals surface area contributed by atoms with E-state index in [1.54, 1.807) is 10.9 Å². The SMILES string of the molecule is Cn1ccc(C2CN3CCOc4c(-c5cn[nH]c5)sc(c43)C(=O)N2)n1. The standard InChI is InChI=1S/C16H16N6O2S/c1-21-3-2-10(20-21)11-8-22-4-5-24-13-12(22)15(16(23)19-11)25-14(13)9-6-17-18-7-9/h2-3,6-7,11H,4-5,8H2,1H3,(H,17,18)(H,19,23). The molecule has 0 aliphatic carbocycles. The topological polar surface area (TPSA) is 88.1 Å². The fourth-order valence-electron chi connectivity index (χ4n) is 3.38.